The molecule has 7 heteroatoms. The summed E-state index contributed by atoms with van der Waals surface area (Å²) in [4.78, 5) is 9.75. The molecule has 3 aromatic heterocycles. The second-order valence-corrected chi connectivity index (χ2v) is 20.8. The first-order valence-electron chi connectivity index (χ1n) is 19.1. The zero-order valence-corrected chi connectivity index (χ0v) is 37.0. The average Bonchev–Trinajstić information content (AvgIpc) is 3.84. The molecule has 0 aliphatic heterocycles. The van der Waals surface area contributed by atoms with Gasteiger partial charge in [-0.05, 0) is 51.1 Å². The van der Waals surface area contributed by atoms with Crippen molar-refractivity contribution >= 4 is 60.8 Å². The van der Waals surface area contributed by atoms with Crippen LogP contribution in [-0.4, -0.2) is 22.6 Å². The molecule has 0 spiro atoms. The Bertz CT molecular complexity index is 2990. The molecule has 58 heavy (non-hydrogen) atoms. The quantitative estimate of drug-likeness (QED) is 0.0947. The van der Waals surface area contributed by atoms with E-state index in [0.29, 0.717) is 0 Å². The number of nitrogens with zero attached hydrogens (tertiary/aromatic N) is 3. The maximum atomic E-state index is 6.47. The van der Waals surface area contributed by atoms with Gasteiger partial charge in [0, 0.05) is 42.9 Å². The summed E-state index contributed by atoms with van der Waals surface area (Å²) in [6.07, 6.45) is 2.02. The van der Waals surface area contributed by atoms with E-state index in [9.17, 15) is 0 Å². The maximum absolute atomic E-state index is 6.47. The second-order valence-electron chi connectivity index (χ2n) is 15.1. The van der Waals surface area contributed by atoms with E-state index in [1.807, 2.05) is 54.7 Å². The number of hydrogen-bond acceptors (Lipinski definition) is 3. The van der Waals surface area contributed by atoms with Crippen molar-refractivity contribution in [1.82, 2.24) is 14.5 Å². The van der Waals surface area contributed by atoms with Crippen LogP contribution in [0.2, 0.25) is 19.6 Å². The molecule has 1 radical (unpaired) electrons. The van der Waals surface area contributed by atoms with Crippen molar-refractivity contribution in [2.75, 3.05) is 0 Å². The molecule has 0 bridgehead atoms. The molecule has 3 heterocycles. The van der Waals surface area contributed by atoms with Gasteiger partial charge in [-0.25, -0.2) is 0 Å². The van der Waals surface area contributed by atoms with E-state index in [2.05, 4.69) is 172 Å². The van der Waals surface area contributed by atoms with Gasteiger partial charge in [-0.1, -0.05) is 146 Å². The average molecular weight is 962 g/mol. The minimum absolute atomic E-state index is 0. The van der Waals surface area contributed by atoms with Crippen LogP contribution in [-0.2, 0) is 20.1 Å². The third kappa shape index (κ3) is 7.65. The first-order valence-corrected chi connectivity index (χ1v) is 23.2. The van der Waals surface area contributed by atoms with Crippen molar-refractivity contribution in [1.29, 1.82) is 0 Å². The smallest absolute Gasteiger partial charge is 0.120 e. The van der Waals surface area contributed by atoms with Crippen molar-refractivity contribution < 1.29 is 24.5 Å². The molecule has 1 atom stereocenters. The molecule has 0 N–H and O–H groups in total. The first kappa shape index (κ1) is 39.1. The Hall–Kier alpha value is -5.74. The summed E-state index contributed by atoms with van der Waals surface area (Å²) in [6.45, 7) is 7.00. The summed E-state index contributed by atoms with van der Waals surface area (Å²) < 4.78 is 8.76. The fourth-order valence-electron chi connectivity index (χ4n) is 7.35. The van der Waals surface area contributed by atoms with Gasteiger partial charge < -0.3 is 14.0 Å². The van der Waals surface area contributed by atoms with Gasteiger partial charge in [-0.15, -0.1) is 63.3 Å². The Kier molecular flexibility index (Phi) is 11.2. The van der Waals surface area contributed by atoms with E-state index >= 15 is 0 Å². The molecule has 4 nitrogen and oxygen atoms in total. The molecule has 7 aromatic carbocycles. The van der Waals surface area contributed by atoms with Crippen LogP contribution >= 0.6 is 9.24 Å². The van der Waals surface area contributed by atoms with Crippen molar-refractivity contribution in [3.8, 4) is 50.6 Å². The summed E-state index contributed by atoms with van der Waals surface area (Å²) in [7, 11) is 1.68. The number of benzene rings is 7. The van der Waals surface area contributed by atoms with Crippen LogP contribution in [0.1, 0.15) is 0 Å². The number of para-hydroxylation sites is 2. The molecule has 0 aliphatic rings. The van der Waals surface area contributed by atoms with E-state index in [1.54, 1.807) is 0 Å². The van der Waals surface area contributed by atoms with Crippen LogP contribution in [0.25, 0.3) is 83.6 Å². The van der Waals surface area contributed by atoms with Crippen LogP contribution < -0.4 is 10.5 Å². The SMILES string of the molecule is C[Si](C)(C)c1ccc(-c2[c-]cccc2)nc1.Pc1cccc2nc(-c3[c-]ccc4c3oc3ccccc34)n(-c3cc(-c4ccccc4)ccc3-c3ccccc3)c12.[Ir]. The zero-order valence-electron chi connectivity index (χ0n) is 32.4. The van der Waals surface area contributed by atoms with Gasteiger partial charge in [0.25, 0.3) is 0 Å². The molecule has 1 unspecified atom stereocenters. The largest absolute Gasteiger partial charge is 0.501 e. The van der Waals surface area contributed by atoms with Gasteiger partial charge in [0.2, 0.25) is 0 Å². The maximum Gasteiger partial charge on any atom is 0.120 e. The Labute approximate surface area is 356 Å². The number of hydrogen-bond donors (Lipinski definition) is 0. The third-order valence-electron chi connectivity index (χ3n) is 10.3. The molecular weight excluding hydrogens is 922 g/mol. The van der Waals surface area contributed by atoms with Crippen LogP contribution in [0.15, 0.2) is 180 Å². The number of imidazole rings is 1. The molecular formula is C51H40IrN3OPSi-2. The molecule has 10 aromatic rings. The fraction of sp³-hybridized carbons (Fsp3) is 0.0588. The minimum atomic E-state index is -1.23. The Morgan fingerprint density at radius 1 is 0.638 bits per heavy atom. The van der Waals surface area contributed by atoms with Gasteiger partial charge in [0.1, 0.15) is 5.58 Å². The van der Waals surface area contributed by atoms with Crippen molar-refractivity contribution in [2.45, 2.75) is 19.6 Å². The molecule has 0 saturated carbocycles. The Morgan fingerprint density at radius 3 is 2.10 bits per heavy atom. The minimum Gasteiger partial charge on any atom is -0.501 e. The van der Waals surface area contributed by atoms with Crippen LogP contribution in [0.3, 0.4) is 0 Å². The number of pyridine rings is 1. The Morgan fingerprint density at radius 2 is 1.38 bits per heavy atom. The summed E-state index contributed by atoms with van der Waals surface area (Å²) in [6, 6.07) is 65.1. The summed E-state index contributed by atoms with van der Waals surface area (Å²) in [5.41, 5.74) is 12.1. The van der Waals surface area contributed by atoms with E-state index in [1.165, 1.54) is 5.19 Å². The number of rotatable bonds is 6. The first-order chi connectivity index (χ1) is 27.8. The molecule has 0 saturated heterocycles. The molecule has 285 valence electrons. The van der Waals surface area contributed by atoms with E-state index < -0.39 is 8.07 Å². The van der Waals surface area contributed by atoms with Gasteiger partial charge in [-0.3, -0.25) is 4.98 Å². The monoisotopic (exact) mass is 962 g/mol. The van der Waals surface area contributed by atoms with Crippen LogP contribution in [0.5, 0.6) is 0 Å². The van der Waals surface area contributed by atoms with E-state index in [4.69, 9.17) is 9.40 Å². The summed E-state index contributed by atoms with van der Waals surface area (Å²) in [5, 5.41) is 4.61. The zero-order chi connectivity index (χ0) is 38.9. The van der Waals surface area contributed by atoms with Gasteiger partial charge in [-0.2, -0.15) is 0 Å². The molecule has 10 rings (SSSR count). The molecule has 0 fully saturated rings. The van der Waals surface area contributed by atoms with Crippen molar-refractivity contribution in [2.24, 2.45) is 0 Å². The number of fused-ring (bicyclic) bond motifs is 4. The van der Waals surface area contributed by atoms with E-state index in [0.717, 1.165) is 88.9 Å². The number of furan rings is 1. The van der Waals surface area contributed by atoms with E-state index in [-0.39, 0.29) is 20.1 Å². The molecule has 0 amide bonds. The van der Waals surface area contributed by atoms with Crippen molar-refractivity contribution in [3.63, 3.8) is 0 Å². The fourth-order valence-corrected chi connectivity index (χ4v) is 8.77. The van der Waals surface area contributed by atoms with Gasteiger partial charge in [0.05, 0.1) is 30.5 Å². The van der Waals surface area contributed by atoms with Crippen molar-refractivity contribution in [3.05, 3.63) is 188 Å². The topological polar surface area (TPSA) is 43.9 Å². The predicted molar refractivity (Wildman–Crippen MR) is 244 cm³/mol. The van der Waals surface area contributed by atoms with Gasteiger partial charge >= 0.3 is 0 Å². The van der Waals surface area contributed by atoms with Gasteiger partial charge in [0.15, 0.2) is 0 Å². The third-order valence-corrected chi connectivity index (χ3v) is 12.8. The number of aromatic nitrogens is 3. The van der Waals surface area contributed by atoms with Crippen LogP contribution in [0.4, 0.5) is 0 Å². The second kappa shape index (κ2) is 16.6. The standard InChI is InChI=1S/C37H24N2OP.C14H16NSi.Ir/c41-34-20-10-18-31-35(34)39(37(38-31)30-17-9-16-29-28-15-7-8-19-33(28)40-36(29)30)32-23-26(24-11-3-1-4-12-24)21-22-27(32)25-13-5-2-6-14-25;1-16(2,3)13-9-10-14(15-11-13)12-7-5-4-6-8-12;/h1-16,18-23H,41H2;4-7,9-11H,1-3H3;/q2*-1;. The van der Waals surface area contributed by atoms with Crippen LogP contribution in [0, 0.1) is 12.1 Å². The summed E-state index contributed by atoms with van der Waals surface area (Å²) in [5.74, 6) is 0.793. The summed E-state index contributed by atoms with van der Waals surface area (Å²) >= 11 is 0. The normalized spacial score (nSPS) is 11.3. The predicted octanol–water partition coefficient (Wildman–Crippen LogP) is 12.3. The Balaban J connectivity index is 0.000000233. The molecule has 0 aliphatic carbocycles.